The third-order valence-electron chi connectivity index (χ3n) is 4.26. The molecule has 0 aromatic heterocycles. The van der Waals surface area contributed by atoms with Gasteiger partial charge >= 0.3 is 6.09 Å². The summed E-state index contributed by atoms with van der Waals surface area (Å²) in [7, 11) is 0. The highest BCUT2D eigenvalue weighted by Gasteiger charge is 2.54. The highest BCUT2D eigenvalue weighted by atomic mass is 16.7. The molecule has 4 heteroatoms. The Morgan fingerprint density at radius 3 is 2.88 bits per heavy atom. The van der Waals surface area contributed by atoms with E-state index in [1.807, 2.05) is 6.92 Å². The van der Waals surface area contributed by atoms with Crippen molar-refractivity contribution in [3.63, 3.8) is 0 Å². The summed E-state index contributed by atoms with van der Waals surface area (Å²) in [6.45, 7) is 11.0. The molecule has 2 unspecified atom stereocenters. The topological polar surface area (TPSA) is 50.7 Å². The largest absolute Gasteiger partial charge is 0.433 e. The van der Waals surface area contributed by atoms with Crippen molar-refractivity contribution in [3.05, 3.63) is 12.2 Å². The van der Waals surface area contributed by atoms with Crippen LogP contribution in [0.15, 0.2) is 17.3 Å². The number of nitrogens with zero attached hydrogens (tertiary/aromatic N) is 1. The van der Waals surface area contributed by atoms with Crippen LogP contribution in [0, 0.1) is 17.3 Å². The molecule has 3 aliphatic carbocycles. The lowest BCUT2D eigenvalue weighted by Gasteiger charge is -2.57. The van der Waals surface area contributed by atoms with E-state index in [1.165, 1.54) is 6.42 Å². The predicted octanol–water partition coefficient (Wildman–Crippen LogP) is 2.71. The Morgan fingerprint density at radius 1 is 1.65 bits per heavy atom. The van der Waals surface area contributed by atoms with Gasteiger partial charge in [-0.25, -0.2) is 4.79 Å². The van der Waals surface area contributed by atoms with Crippen LogP contribution in [-0.4, -0.2) is 18.3 Å². The standard InChI is InChI=1S/C13H20N2O2/c1-5-14-12(16)17-15-11-7-9-6-10(8(11)2)13(9,3)4/h9-10H,2,5-7H2,1,3-4H3,(H,14,16)/b15-11+. The quantitative estimate of drug-likeness (QED) is 0.592. The van der Waals surface area contributed by atoms with Crippen LogP contribution >= 0.6 is 0 Å². The highest BCUT2D eigenvalue weighted by molar-refractivity contribution is 6.02. The van der Waals surface area contributed by atoms with Crippen molar-refractivity contribution in [1.29, 1.82) is 0 Å². The summed E-state index contributed by atoms with van der Waals surface area (Å²) in [4.78, 5) is 15.9. The fourth-order valence-electron chi connectivity index (χ4n) is 2.89. The summed E-state index contributed by atoms with van der Waals surface area (Å²) < 4.78 is 0. The summed E-state index contributed by atoms with van der Waals surface area (Å²) >= 11 is 0. The number of rotatable bonds is 2. The van der Waals surface area contributed by atoms with E-state index in [2.05, 4.69) is 30.9 Å². The molecule has 0 saturated heterocycles. The summed E-state index contributed by atoms with van der Waals surface area (Å²) in [5.74, 6) is 1.15. The summed E-state index contributed by atoms with van der Waals surface area (Å²) in [6, 6.07) is 0. The fraction of sp³-hybridized carbons (Fsp3) is 0.692. The number of nitrogens with one attached hydrogen (secondary N) is 1. The minimum Gasteiger partial charge on any atom is -0.320 e. The van der Waals surface area contributed by atoms with Gasteiger partial charge in [-0.1, -0.05) is 25.6 Å². The second-order valence-electron chi connectivity index (χ2n) is 5.48. The van der Waals surface area contributed by atoms with Crippen molar-refractivity contribution in [2.45, 2.75) is 33.6 Å². The van der Waals surface area contributed by atoms with Gasteiger partial charge in [0.05, 0.1) is 5.71 Å². The molecule has 0 spiro atoms. The van der Waals surface area contributed by atoms with Gasteiger partial charge in [-0.2, -0.15) is 0 Å². The van der Waals surface area contributed by atoms with E-state index in [1.54, 1.807) is 0 Å². The molecule has 17 heavy (non-hydrogen) atoms. The normalized spacial score (nSPS) is 31.9. The maximum atomic E-state index is 11.1. The number of oxime groups is 1. The van der Waals surface area contributed by atoms with E-state index in [0.29, 0.717) is 23.8 Å². The summed E-state index contributed by atoms with van der Waals surface area (Å²) in [5, 5.41) is 6.47. The van der Waals surface area contributed by atoms with Crippen LogP contribution in [0.5, 0.6) is 0 Å². The molecular formula is C13H20N2O2. The van der Waals surface area contributed by atoms with Crippen molar-refractivity contribution in [3.8, 4) is 0 Å². The number of fused-ring (bicyclic) bond motifs is 2. The first-order valence-electron chi connectivity index (χ1n) is 6.17. The average Bonchev–Trinajstić information content (AvgIpc) is 2.27. The van der Waals surface area contributed by atoms with Crippen molar-refractivity contribution in [2.24, 2.45) is 22.4 Å². The van der Waals surface area contributed by atoms with Crippen molar-refractivity contribution in [2.75, 3.05) is 6.54 Å². The predicted molar refractivity (Wildman–Crippen MR) is 66.7 cm³/mol. The molecule has 0 heterocycles. The Kier molecular flexibility index (Phi) is 2.98. The van der Waals surface area contributed by atoms with Crippen LogP contribution in [0.2, 0.25) is 0 Å². The maximum absolute atomic E-state index is 11.1. The molecule has 0 aromatic rings. The van der Waals surface area contributed by atoms with Crippen molar-refractivity contribution >= 4 is 11.8 Å². The lowest BCUT2D eigenvalue weighted by atomic mass is 9.47. The molecular weight excluding hydrogens is 216 g/mol. The molecule has 4 nitrogen and oxygen atoms in total. The molecule has 0 aromatic carbocycles. The van der Waals surface area contributed by atoms with Crippen LogP contribution in [0.1, 0.15) is 33.6 Å². The fourth-order valence-corrected chi connectivity index (χ4v) is 2.89. The van der Waals surface area contributed by atoms with Crippen LogP contribution in [0.25, 0.3) is 0 Å². The molecule has 3 fully saturated rings. The number of amides is 1. The monoisotopic (exact) mass is 236 g/mol. The molecule has 1 N–H and O–H groups in total. The molecule has 0 radical (unpaired) electrons. The SMILES string of the molecule is C=C1/C(=N/OC(=O)NCC)CC2CC1C2(C)C. The van der Waals surface area contributed by atoms with Gasteiger partial charge in [-0.05, 0) is 42.6 Å². The number of hydrogen-bond donors (Lipinski definition) is 1. The Labute approximate surface area is 102 Å². The number of carbonyl (C=O) groups is 1. The third kappa shape index (κ3) is 1.96. The van der Waals surface area contributed by atoms with Gasteiger partial charge in [0, 0.05) is 6.54 Å². The van der Waals surface area contributed by atoms with Crippen molar-refractivity contribution < 1.29 is 9.63 Å². The molecule has 2 atom stereocenters. The van der Waals surface area contributed by atoms with Crippen LogP contribution in [0.4, 0.5) is 4.79 Å². The minimum atomic E-state index is -0.494. The Hall–Kier alpha value is -1.32. The Morgan fingerprint density at radius 2 is 2.35 bits per heavy atom. The lowest BCUT2D eigenvalue weighted by Crippen LogP contribution is -2.52. The Balaban J connectivity index is 1.99. The molecule has 3 aliphatic rings. The molecule has 0 aliphatic heterocycles. The van der Waals surface area contributed by atoms with E-state index in [4.69, 9.17) is 4.84 Å². The second-order valence-corrected chi connectivity index (χ2v) is 5.48. The zero-order valence-electron chi connectivity index (χ0n) is 10.7. The van der Waals surface area contributed by atoms with Gasteiger partial charge < -0.3 is 5.32 Å². The van der Waals surface area contributed by atoms with Gasteiger partial charge in [0.2, 0.25) is 0 Å². The van der Waals surface area contributed by atoms with Gasteiger partial charge in [-0.3, -0.25) is 4.84 Å². The molecule has 3 saturated carbocycles. The molecule has 94 valence electrons. The smallest absolute Gasteiger partial charge is 0.320 e. The number of hydrogen-bond acceptors (Lipinski definition) is 3. The summed E-state index contributed by atoms with van der Waals surface area (Å²) in [5.41, 5.74) is 2.24. The average molecular weight is 236 g/mol. The lowest BCUT2D eigenvalue weighted by molar-refractivity contribution is 0.000504. The van der Waals surface area contributed by atoms with Crippen LogP contribution < -0.4 is 5.32 Å². The van der Waals surface area contributed by atoms with E-state index in [0.717, 1.165) is 17.7 Å². The molecule has 1 amide bonds. The van der Waals surface area contributed by atoms with E-state index in [-0.39, 0.29) is 0 Å². The minimum absolute atomic E-state index is 0.335. The van der Waals surface area contributed by atoms with E-state index in [9.17, 15) is 4.79 Å². The highest BCUT2D eigenvalue weighted by Crippen LogP contribution is 2.59. The zero-order chi connectivity index (χ0) is 12.6. The first kappa shape index (κ1) is 12.1. The van der Waals surface area contributed by atoms with Gasteiger partial charge in [0.25, 0.3) is 0 Å². The zero-order valence-corrected chi connectivity index (χ0v) is 10.7. The maximum Gasteiger partial charge on any atom is 0.433 e. The van der Waals surface area contributed by atoms with Gasteiger partial charge in [0.15, 0.2) is 0 Å². The van der Waals surface area contributed by atoms with Crippen LogP contribution in [-0.2, 0) is 4.84 Å². The first-order valence-corrected chi connectivity index (χ1v) is 6.17. The van der Waals surface area contributed by atoms with E-state index < -0.39 is 6.09 Å². The first-order chi connectivity index (χ1) is 7.96. The second kappa shape index (κ2) is 4.17. The van der Waals surface area contributed by atoms with Gasteiger partial charge in [0.1, 0.15) is 0 Å². The molecule has 3 rings (SSSR count). The number of allylic oxidation sites excluding steroid dienone is 1. The van der Waals surface area contributed by atoms with Crippen molar-refractivity contribution in [1.82, 2.24) is 5.32 Å². The van der Waals surface area contributed by atoms with E-state index >= 15 is 0 Å². The summed E-state index contributed by atoms with van der Waals surface area (Å²) in [6.07, 6.45) is 1.58. The Bertz CT molecular complexity index is 385. The number of carbonyl (C=O) groups excluding carboxylic acids is 1. The molecule has 2 bridgehead atoms. The van der Waals surface area contributed by atoms with Gasteiger partial charge in [-0.15, -0.1) is 0 Å². The van der Waals surface area contributed by atoms with Crippen LogP contribution in [0.3, 0.4) is 0 Å². The third-order valence-corrected chi connectivity index (χ3v) is 4.26.